The van der Waals surface area contributed by atoms with Gasteiger partial charge < -0.3 is 9.30 Å². The minimum atomic E-state index is -0.135. The average Bonchev–Trinajstić information content (AvgIpc) is 2.70. The zero-order valence-electron chi connectivity index (χ0n) is 9.35. The number of unbranched alkanes of at least 4 members (excludes halogenated alkanes) is 1. The van der Waals surface area contributed by atoms with Gasteiger partial charge in [-0.1, -0.05) is 13.3 Å². The Morgan fingerprint density at radius 2 is 2.40 bits per heavy atom. The molecule has 15 heavy (non-hydrogen) atoms. The van der Waals surface area contributed by atoms with Gasteiger partial charge in [0.1, 0.15) is 0 Å². The van der Waals surface area contributed by atoms with E-state index in [-0.39, 0.29) is 12.0 Å². The van der Waals surface area contributed by atoms with E-state index in [4.69, 9.17) is 4.74 Å². The van der Waals surface area contributed by atoms with E-state index in [2.05, 4.69) is 11.9 Å². The van der Waals surface area contributed by atoms with Crippen molar-refractivity contribution >= 4 is 5.97 Å². The van der Waals surface area contributed by atoms with Crippen molar-refractivity contribution < 1.29 is 9.53 Å². The Morgan fingerprint density at radius 1 is 1.60 bits per heavy atom. The Bertz CT molecular complexity index is 283. The van der Waals surface area contributed by atoms with Crippen LogP contribution >= 0.6 is 0 Å². The highest BCUT2D eigenvalue weighted by atomic mass is 16.5. The van der Waals surface area contributed by atoms with Gasteiger partial charge >= 0.3 is 5.97 Å². The van der Waals surface area contributed by atoms with Crippen molar-refractivity contribution in [3.05, 3.63) is 18.7 Å². The van der Waals surface area contributed by atoms with Gasteiger partial charge in [0.05, 0.1) is 19.4 Å². The van der Waals surface area contributed by atoms with Gasteiger partial charge in [-0.2, -0.15) is 0 Å². The van der Waals surface area contributed by atoms with Crippen LogP contribution in [-0.2, 0) is 9.53 Å². The van der Waals surface area contributed by atoms with E-state index in [1.54, 1.807) is 12.5 Å². The van der Waals surface area contributed by atoms with Gasteiger partial charge in [0.15, 0.2) is 0 Å². The molecule has 0 amide bonds. The number of carbonyl (C=O) groups excluding carboxylic acids is 1. The van der Waals surface area contributed by atoms with Gasteiger partial charge in [-0.15, -0.1) is 0 Å². The maximum atomic E-state index is 11.4. The largest absolute Gasteiger partial charge is 0.466 e. The summed E-state index contributed by atoms with van der Waals surface area (Å²) in [5.41, 5.74) is 0. The number of ether oxygens (including phenoxy) is 1. The molecule has 1 heterocycles. The first-order valence-electron chi connectivity index (χ1n) is 5.37. The minimum absolute atomic E-state index is 0.113. The Morgan fingerprint density at radius 3 is 3.00 bits per heavy atom. The van der Waals surface area contributed by atoms with Gasteiger partial charge in [0.25, 0.3) is 0 Å². The van der Waals surface area contributed by atoms with Crippen molar-refractivity contribution in [3.63, 3.8) is 0 Å². The van der Waals surface area contributed by atoms with E-state index in [9.17, 15) is 4.79 Å². The van der Waals surface area contributed by atoms with Crippen LogP contribution in [0.25, 0.3) is 0 Å². The lowest BCUT2D eigenvalue weighted by Crippen LogP contribution is -2.12. The summed E-state index contributed by atoms with van der Waals surface area (Å²) in [5.74, 6) is -0.135. The highest BCUT2D eigenvalue weighted by Gasteiger charge is 2.10. The first-order valence-corrected chi connectivity index (χ1v) is 5.37. The molecule has 1 unspecified atom stereocenters. The van der Waals surface area contributed by atoms with E-state index in [1.807, 2.05) is 17.7 Å². The van der Waals surface area contributed by atoms with Gasteiger partial charge in [-0.25, -0.2) is 4.98 Å². The fourth-order valence-corrected chi connectivity index (χ4v) is 1.27. The summed E-state index contributed by atoms with van der Waals surface area (Å²) in [7, 11) is 0. The molecule has 0 N–H and O–H groups in total. The Balaban J connectivity index is 2.26. The van der Waals surface area contributed by atoms with Gasteiger partial charge in [-0.3, -0.25) is 4.79 Å². The number of hydrogen-bond donors (Lipinski definition) is 0. The summed E-state index contributed by atoms with van der Waals surface area (Å²) in [6.07, 6.45) is 7.66. The van der Waals surface area contributed by atoms with Crippen LogP contribution in [0.5, 0.6) is 0 Å². The van der Waals surface area contributed by atoms with E-state index in [0.29, 0.717) is 13.0 Å². The number of imidazole rings is 1. The van der Waals surface area contributed by atoms with Crippen LogP contribution in [-0.4, -0.2) is 22.1 Å². The van der Waals surface area contributed by atoms with Crippen molar-refractivity contribution in [2.24, 2.45) is 0 Å². The number of hydrogen-bond acceptors (Lipinski definition) is 3. The van der Waals surface area contributed by atoms with Gasteiger partial charge in [0.2, 0.25) is 0 Å². The topological polar surface area (TPSA) is 44.1 Å². The first-order chi connectivity index (χ1) is 7.24. The van der Waals surface area contributed by atoms with Gasteiger partial charge in [-0.05, 0) is 13.3 Å². The number of aromatic nitrogens is 2. The molecule has 0 aliphatic carbocycles. The predicted molar refractivity (Wildman–Crippen MR) is 57.4 cm³/mol. The maximum Gasteiger partial charge on any atom is 0.307 e. The lowest BCUT2D eigenvalue weighted by molar-refractivity contribution is -0.144. The fraction of sp³-hybridized carbons (Fsp3) is 0.636. The summed E-state index contributed by atoms with van der Waals surface area (Å²) < 4.78 is 6.98. The zero-order chi connectivity index (χ0) is 11.1. The molecule has 0 bridgehead atoms. The molecule has 0 aromatic carbocycles. The van der Waals surface area contributed by atoms with Crippen molar-refractivity contribution in [3.8, 4) is 0 Å². The molecule has 0 aliphatic heterocycles. The molecule has 0 saturated carbocycles. The Labute approximate surface area is 90.3 Å². The molecule has 0 radical (unpaired) electrons. The number of rotatable bonds is 6. The number of carbonyl (C=O) groups is 1. The molecular weight excluding hydrogens is 192 g/mol. The quantitative estimate of drug-likeness (QED) is 0.534. The second kappa shape index (κ2) is 6.22. The van der Waals surface area contributed by atoms with Gasteiger partial charge in [0, 0.05) is 18.4 Å². The molecule has 4 heteroatoms. The lowest BCUT2D eigenvalue weighted by Gasteiger charge is -2.11. The first kappa shape index (κ1) is 11.8. The standard InChI is InChI=1S/C11H18N2O2/c1-3-4-7-15-11(14)8-10(2)13-6-5-12-9-13/h5-6,9-10H,3-4,7-8H2,1-2H3. The predicted octanol–water partition coefficient (Wildman–Crippen LogP) is 2.18. The maximum absolute atomic E-state index is 11.4. The summed E-state index contributed by atoms with van der Waals surface area (Å²) in [4.78, 5) is 15.3. The summed E-state index contributed by atoms with van der Waals surface area (Å²) in [6, 6.07) is 0.113. The fourth-order valence-electron chi connectivity index (χ4n) is 1.27. The third-order valence-corrected chi connectivity index (χ3v) is 2.26. The molecule has 0 fully saturated rings. The van der Waals surface area contributed by atoms with Crippen LogP contribution < -0.4 is 0 Å². The smallest absolute Gasteiger partial charge is 0.307 e. The molecule has 1 atom stereocenters. The Hall–Kier alpha value is -1.32. The molecule has 0 aliphatic rings. The molecule has 84 valence electrons. The highest BCUT2D eigenvalue weighted by Crippen LogP contribution is 2.10. The average molecular weight is 210 g/mol. The van der Waals surface area contributed by atoms with Crippen molar-refractivity contribution in [2.45, 2.75) is 39.2 Å². The van der Waals surface area contributed by atoms with Crippen molar-refractivity contribution in [1.82, 2.24) is 9.55 Å². The highest BCUT2D eigenvalue weighted by molar-refractivity contribution is 5.69. The van der Waals surface area contributed by atoms with E-state index >= 15 is 0 Å². The summed E-state index contributed by atoms with van der Waals surface area (Å²) in [6.45, 7) is 4.58. The van der Waals surface area contributed by atoms with E-state index < -0.39 is 0 Å². The van der Waals surface area contributed by atoms with Crippen LogP contribution in [0, 0.1) is 0 Å². The SMILES string of the molecule is CCCCOC(=O)CC(C)n1ccnc1. The number of nitrogens with zero attached hydrogens (tertiary/aromatic N) is 2. The minimum Gasteiger partial charge on any atom is -0.466 e. The molecule has 1 rings (SSSR count). The number of esters is 1. The van der Waals surface area contributed by atoms with E-state index in [1.165, 1.54) is 0 Å². The normalized spacial score (nSPS) is 12.4. The zero-order valence-corrected chi connectivity index (χ0v) is 9.35. The van der Waals surface area contributed by atoms with Crippen LogP contribution in [0.3, 0.4) is 0 Å². The molecular formula is C11H18N2O2. The van der Waals surface area contributed by atoms with Crippen LogP contribution in [0.2, 0.25) is 0 Å². The van der Waals surface area contributed by atoms with Crippen LogP contribution in [0.15, 0.2) is 18.7 Å². The van der Waals surface area contributed by atoms with E-state index in [0.717, 1.165) is 12.8 Å². The monoisotopic (exact) mass is 210 g/mol. The molecule has 1 aromatic heterocycles. The summed E-state index contributed by atoms with van der Waals surface area (Å²) >= 11 is 0. The molecule has 1 aromatic rings. The molecule has 0 saturated heterocycles. The third kappa shape index (κ3) is 4.14. The second-order valence-corrected chi connectivity index (χ2v) is 3.64. The van der Waals surface area contributed by atoms with Crippen molar-refractivity contribution in [2.75, 3.05) is 6.61 Å². The third-order valence-electron chi connectivity index (χ3n) is 2.26. The van der Waals surface area contributed by atoms with Crippen LogP contribution in [0.1, 0.15) is 39.2 Å². The molecule has 0 spiro atoms. The Kier molecular flexibility index (Phi) is 4.87. The lowest BCUT2D eigenvalue weighted by atomic mass is 10.2. The molecule has 4 nitrogen and oxygen atoms in total. The second-order valence-electron chi connectivity index (χ2n) is 3.64. The summed E-state index contributed by atoms with van der Waals surface area (Å²) in [5, 5.41) is 0. The van der Waals surface area contributed by atoms with Crippen molar-refractivity contribution in [1.29, 1.82) is 0 Å². The van der Waals surface area contributed by atoms with Crippen LogP contribution in [0.4, 0.5) is 0 Å².